The van der Waals surface area contributed by atoms with Crippen LogP contribution < -0.4 is 5.56 Å². The number of aliphatic imine (C=N–C) groups is 1. The largest absolute Gasteiger partial charge is 0.270 e. The van der Waals surface area contributed by atoms with E-state index < -0.39 is 0 Å². The van der Waals surface area contributed by atoms with Gasteiger partial charge in [-0.1, -0.05) is 33.1 Å². The number of hydrogen-bond donors (Lipinski definition) is 1. The van der Waals surface area contributed by atoms with E-state index in [9.17, 15) is 4.79 Å². The summed E-state index contributed by atoms with van der Waals surface area (Å²) in [6.07, 6.45) is 6.14. The third-order valence-electron chi connectivity index (χ3n) is 4.33. The molecular formula is C15H23N3OS. The number of rotatable bonds is 2. The summed E-state index contributed by atoms with van der Waals surface area (Å²) >= 11 is 1.73. The zero-order chi connectivity index (χ0) is 14.3. The van der Waals surface area contributed by atoms with Crippen molar-refractivity contribution in [3.05, 3.63) is 15.9 Å². The van der Waals surface area contributed by atoms with Crippen LogP contribution in [-0.4, -0.2) is 14.8 Å². The molecule has 1 atom stereocenters. The Bertz CT molecular complexity index is 578. The molecule has 1 saturated carbocycles. The van der Waals surface area contributed by atoms with Crippen LogP contribution in [0.2, 0.25) is 0 Å². The lowest BCUT2D eigenvalue weighted by molar-refractivity contribution is 0.331. The van der Waals surface area contributed by atoms with Crippen LogP contribution in [0.3, 0.4) is 0 Å². The molecule has 1 aromatic heterocycles. The number of aromatic amines is 1. The monoisotopic (exact) mass is 293 g/mol. The highest BCUT2D eigenvalue weighted by molar-refractivity contribution is 8.14. The van der Waals surface area contributed by atoms with Crippen LogP contribution in [0.25, 0.3) is 0 Å². The first-order valence-electron chi connectivity index (χ1n) is 7.64. The molecule has 1 N–H and O–H groups in total. The maximum Gasteiger partial charge on any atom is 0.270 e. The molecule has 4 nitrogen and oxygen atoms in total. The normalized spacial score (nSPS) is 23.8. The summed E-state index contributed by atoms with van der Waals surface area (Å²) in [5.74, 6) is 1.34. The van der Waals surface area contributed by atoms with Crippen molar-refractivity contribution >= 4 is 22.6 Å². The highest BCUT2D eigenvalue weighted by Crippen LogP contribution is 2.45. The van der Waals surface area contributed by atoms with E-state index in [4.69, 9.17) is 0 Å². The molecule has 3 rings (SSSR count). The fourth-order valence-corrected chi connectivity index (χ4v) is 4.42. The van der Waals surface area contributed by atoms with Crippen LogP contribution >= 0.6 is 11.8 Å². The average Bonchev–Trinajstić information content (AvgIpc) is 2.76. The summed E-state index contributed by atoms with van der Waals surface area (Å²) in [6.45, 7) is 6.40. The molecule has 1 aliphatic heterocycles. The van der Waals surface area contributed by atoms with Gasteiger partial charge in [0.25, 0.3) is 5.56 Å². The second-order valence-corrected chi connectivity index (χ2v) is 7.59. The molecule has 0 bridgehead atoms. The average molecular weight is 293 g/mol. The molecule has 0 radical (unpaired) electrons. The van der Waals surface area contributed by atoms with E-state index in [1.54, 1.807) is 11.8 Å². The number of hydrogen-bond acceptors (Lipinski definition) is 3. The lowest BCUT2D eigenvalue weighted by atomic mass is 9.95. The third kappa shape index (κ3) is 2.36. The summed E-state index contributed by atoms with van der Waals surface area (Å²) in [4.78, 5) is 17.1. The van der Waals surface area contributed by atoms with Gasteiger partial charge in [0, 0.05) is 5.25 Å². The van der Waals surface area contributed by atoms with Crippen molar-refractivity contribution in [1.29, 1.82) is 0 Å². The minimum atomic E-state index is 0.0630. The van der Waals surface area contributed by atoms with E-state index in [2.05, 4.69) is 28.6 Å². The standard InChI is InChI=1S/C15H23N3OS/c1-9(2)13-12-14(16-10(3)20-13)18(17-15(12)19)11-7-5-4-6-8-11/h9,11,13H,4-8H2,1-3H3,(H,17,19)/t13-/m0/s1. The first-order chi connectivity index (χ1) is 9.58. The maximum absolute atomic E-state index is 12.4. The first kappa shape index (κ1) is 14.0. The van der Waals surface area contributed by atoms with Gasteiger partial charge in [-0.05, 0) is 25.7 Å². The van der Waals surface area contributed by atoms with Crippen LogP contribution in [-0.2, 0) is 0 Å². The van der Waals surface area contributed by atoms with E-state index in [1.807, 2.05) is 6.92 Å². The van der Waals surface area contributed by atoms with E-state index in [0.717, 1.165) is 29.3 Å². The molecule has 20 heavy (non-hydrogen) atoms. The molecule has 1 aliphatic carbocycles. The number of nitrogens with zero attached hydrogens (tertiary/aromatic N) is 2. The van der Waals surface area contributed by atoms with Gasteiger partial charge in [-0.3, -0.25) is 14.6 Å². The Kier molecular flexibility index (Phi) is 3.80. The van der Waals surface area contributed by atoms with Crippen LogP contribution in [0, 0.1) is 5.92 Å². The molecule has 5 heteroatoms. The van der Waals surface area contributed by atoms with Gasteiger partial charge >= 0.3 is 0 Å². The van der Waals surface area contributed by atoms with Crippen LogP contribution in [0.1, 0.15) is 69.7 Å². The number of nitrogens with one attached hydrogen (secondary N) is 1. The Morgan fingerprint density at radius 3 is 2.65 bits per heavy atom. The maximum atomic E-state index is 12.4. The van der Waals surface area contributed by atoms with Gasteiger partial charge in [0.1, 0.15) is 0 Å². The van der Waals surface area contributed by atoms with Gasteiger partial charge in [0.2, 0.25) is 0 Å². The minimum absolute atomic E-state index is 0.0630. The lowest BCUT2D eigenvalue weighted by Crippen LogP contribution is -2.16. The zero-order valence-corrected chi connectivity index (χ0v) is 13.3. The van der Waals surface area contributed by atoms with Crippen LogP contribution in [0.4, 0.5) is 5.82 Å². The Morgan fingerprint density at radius 1 is 1.30 bits per heavy atom. The fourth-order valence-electron chi connectivity index (χ4n) is 3.32. The molecule has 1 aromatic rings. The lowest BCUT2D eigenvalue weighted by Gasteiger charge is -2.27. The quantitative estimate of drug-likeness (QED) is 0.889. The molecule has 0 aromatic carbocycles. The van der Waals surface area contributed by atoms with Crippen molar-refractivity contribution in [1.82, 2.24) is 9.78 Å². The van der Waals surface area contributed by atoms with Gasteiger partial charge in [0.05, 0.1) is 16.6 Å². The van der Waals surface area contributed by atoms with Gasteiger partial charge in [-0.2, -0.15) is 0 Å². The molecule has 0 amide bonds. The van der Waals surface area contributed by atoms with Gasteiger partial charge < -0.3 is 0 Å². The highest BCUT2D eigenvalue weighted by Gasteiger charge is 2.32. The highest BCUT2D eigenvalue weighted by atomic mass is 32.2. The smallest absolute Gasteiger partial charge is 0.268 e. The molecule has 0 saturated heterocycles. The Hall–Kier alpha value is -0.970. The summed E-state index contributed by atoms with van der Waals surface area (Å²) in [5.41, 5.74) is 0.953. The molecule has 2 heterocycles. The van der Waals surface area contributed by atoms with Crippen molar-refractivity contribution in [3.8, 4) is 0 Å². The number of fused-ring (bicyclic) bond motifs is 1. The first-order valence-corrected chi connectivity index (χ1v) is 8.52. The molecule has 1 fully saturated rings. The van der Waals surface area contributed by atoms with Crippen LogP contribution in [0.5, 0.6) is 0 Å². The van der Waals surface area contributed by atoms with Crippen molar-refractivity contribution < 1.29 is 0 Å². The summed E-state index contributed by atoms with van der Waals surface area (Å²) in [7, 11) is 0. The van der Waals surface area contributed by atoms with Crippen LogP contribution in [0.15, 0.2) is 9.79 Å². The van der Waals surface area contributed by atoms with E-state index >= 15 is 0 Å². The minimum Gasteiger partial charge on any atom is -0.268 e. The molecule has 0 unspecified atom stereocenters. The number of H-pyrrole nitrogens is 1. The van der Waals surface area contributed by atoms with Gasteiger partial charge in [-0.15, -0.1) is 11.8 Å². The number of thioether (sulfide) groups is 1. The van der Waals surface area contributed by atoms with Crippen molar-refractivity contribution in [3.63, 3.8) is 0 Å². The third-order valence-corrected chi connectivity index (χ3v) is 5.79. The van der Waals surface area contributed by atoms with E-state index in [1.165, 1.54) is 19.3 Å². The number of aromatic nitrogens is 2. The molecule has 110 valence electrons. The Balaban J connectivity index is 2.07. The summed E-state index contributed by atoms with van der Waals surface area (Å²) in [5, 5.41) is 4.37. The predicted octanol–water partition coefficient (Wildman–Crippen LogP) is 4.18. The molecule has 0 spiro atoms. The van der Waals surface area contributed by atoms with Crippen molar-refractivity contribution in [2.45, 2.75) is 64.2 Å². The SMILES string of the molecule is CC1=Nc2c(c(=O)[nH]n2C2CCCCC2)[C@H](C(C)C)S1. The second-order valence-electron chi connectivity index (χ2n) is 6.25. The van der Waals surface area contributed by atoms with E-state index in [-0.39, 0.29) is 10.8 Å². The summed E-state index contributed by atoms with van der Waals surface area (Å²) in [6, 6.07) is 0.424. The molecular weight excluding hydrogens is 270 g/mol. The summed E-state index contributed by atoms with van der Waals surface area (Å²) < 4.78 is 2.06. The topological polar surface area (TPSA) is 50.1 Å². The van der Waals surface area contributed by atoms with E-state index in [0.29, 0.717) is 12.0 Å². The predicted molar refractivity (Wildman–Crippen MR) is 85.1 cm³/mol. The van der Waals surface area contributed by atoms with Gasteiger partial charge in [-0.25, -0.2) is 4.99 Å². The molecule has 2 aliphatic rings. The fraction of sp³-hybridized carbons (Fsp3) is 0.733. The van der Waals surface area contributed by atoms with Crippen molar-refractivity contribution in [2.75, 3.05) is 0 Å². The second kappa shape index (κ2) is 5.43. The Morgan fingerprint density at radius 2 is 2.00 bits per heavy atom. The van der Waals surface area contributed by atoms with Gasteiger partial charge in [0.15, 0.2) is 5.82 Å². The Labute approximate surface area is 124 Å². The van der Waals surface area contributed by atoms with Crippen molar-refractivity contribution in [2.24, 2.45) is 10.9 Å². The zero-order valence-electron chi connectivity index (χ0n) is 12.5.